The van der Waals surface area contributed by atoms with Crippen molar-refractivity contribution in [2.45, 2.75) is 31.2 Å². The monoisotopic (exact) mass is 256 g/mol. The molecular weight excluding hydrogens is 236 g/mol. The van der Waals surface area contributed by atoms with Crippen molar-refractivity contribution in [3.63, 3.8) is 0 Å². The Morgan fingerprint density at radius 2 is 2.26 bits per heavy atom. The molecule has 100 valence electrons. The minimum absolute atomic E-state index is 0.279. The van der Waals surface area contributed by atoms with Crippen molar-refractivity contribution in [3.8, 4) is 0 Å². The molecule has 2 unspecified atom stereocenters. The molecule has 0 saturated heterocycles. The molecule has 2 atom stereocenters. The summed E-state index contributed by atoms with van der Waals surface area (Å²) in [4.78, 5) is 4.64. The van der Waals surface area contributed by atoms with Gasteiger partial charge >= 0.3 is 0 Å². The summed E-state index contributed by atoms with van der Waals surface area (Å²) in [6.45, 7) is 0. The molecule has 0 bridgehead atoms. The molecule has 2 heterocycles. The fourth-order valence-electron chi connectivity index (χ4n) is 3.21. The maximum atomic E-state index is 4.64. The number of pyridine rings is 1. The van der Waals surface area contributed by atoms with Gasteiger partial charge in [0.25, 0.3) is 0 Å². The quantitative estimate of drug-likeness (QED) is 0.915. The predicted octanol–water partition coefficient (Wildman–Crippen LogP) is 2.20. The Labute approximate surface area is 113 Å². The topological polar surface area (TPSA) is 42.7 Å². The van der Waals surface area contributed by atoms with Crippen molar-refractivity contribution in [1.29, 1.82) is 0 Å². The Balaban J connectivity index is 2.00. The maximum Gasteiger partial charge on any atom is 0.0574 e. The molecule has 1 aliphatic rings. The number of rotatable bonds is 3. The fourth-order valence-corrected chi connectivity index (χ4v) is 3.21. The van der Waals surface area contributed by atoms with Gasteiger partial charge < -0.3 is 5.32 Å². The van der Waals surface area contributed by atoms with Gasteiger partial charge in [-0.15, -0.1) is 0 Å². The standard InChI is InChI=1S/C15H20N4/c1-16-15(13-8-10-18-19(13)2)12-7-3-5-11-6-4-9-17-14(11)12/h4,6,8-10,12,15-16H,3,5,7H2,1-2H3. The van der Waals surface area contributed by atoms with Crippen molar-refractivity contribution >= 4 is 0 Å². The highest BCUT2D eigenvalue weighted by molar-refractivity contribution is 5.29. The molecule has 0 spiro atoms. The molecule has 0 fully saturated rings. The van der Waals surface area contributed by atoms with E-state index in [4.69, 9.17) is 0 Å². The molecule has 2 aromatic rings. The Hall–Kier alpha value is -1.68. The largest absolute Gasteiger partial charge is 0.311 e. The third-order valence-electron chi connectivity index (χ3n) is 4.13. The second-order valence-electron chi connectivity index (χ2n) is 5.19. The van der Waals surface area contributed by atoms with E-state index >= 15 is 0 Å². The second kappa shape index (κ2) is 5.13. The van der Waals surface area contributed by atoms with E-state index in [9.17, 15) is 0 Å². The van der Waals surface area contributed by atoms with Gasteiger partial charge in [0.1, 0.15) is 0 Å². The van der Waals surface area contributed by atoms with Gasteiger partial charge in [-0.1, -0.05) is 6.07 Å². The van der Waals surface area contributed by atoms with Gasteiger partial charge in [-0.3, -0.25) is 9.67 Å². The molecule has 4 heteroatoms. The van der Waals surface area contributed by atoms with Gasteiger partial charge in [0.05, 0.1) is 11.7 Å². The first-order chi connectivity index (χ1) is 9.31. The predicted molar refractivity (Wildman–Crippen MR) is 74.9 cm³/mol. The van der Waals surface area contributed by atoms with E-state index in [1.807, 2.05) is 37.2 Å². The first-order valence-corrected chi connectivity index (χ1v) is 6.90. The van der Waals surface area contributed by atoms with E-state index < -0.39 is 0 Å². The number of aromatic nitrogens is 3. The van der Waals surface area contributed by atoms with E-state index in [-0.39, 0.29) is 6.04 Å². The normalized spacial score (nSPS) is 20.0. The lowest BCUT2D eigenvalue weighted by Crippen LogP contribution is -2.29. The first-order valence-electron chi connectivity index (χ1n) is 6.90. The van der Waals surface area contributed by atoms with Gasteiger partial charge in [0, 0.05) is 31.1 Å². The molecule has 0 amide bonds. The minimum atomic E-state index is 0.279. The number of nitrogens with one attached hydrogen (secondary N) is 1. The average molecular weight is 256 g/mol. The summed E-state index contributed by atoms with van der Waals surface area (Å²) in [5.74, 6) is 0.436. The van der Waals surface area contributed by atoms with Crippen LogP contribution in [0, 0.1) is 0 Å². The van der Waals surface area contributed by atoms with Gasteiger partial charge in [0.15, 0.2) is 0 Å². The number of nitrogens with zero attached hydrogens (tertiary/aromatic N) is 3. The number of likely N-dealkylation sites (N-methyl/N-ethyl adjacent to an activating group) is 1. The molecule has 0 saturated carbocycles. The molecule has 0 aromatic carbocycles. The van der Waals surface area contributed by atoms with Gasteiger partial charge in [0.2, 0.25) is 0 Å². The van der Waals surface area contributed by atoms with E-state index in [0.717, 1.165) is 6.42 Å². The van der Waals surface area contributed by atoms with Crippen LogP contribution in [0.25, 0.3) is 0 Å². The zero-order chi connectivity index (χ0) is 13.2. The Bertz CT molecular complexity index is 561. The van der Waals surface area contributed by atoms with Crippen LogP contribution in [0.4, 0.5) is 0 Å². The number of aryl methyl sites for hydroxylation is 2. The van der Waals surface area contributed by atoms with Crippen molar-refractivity contribution in [2.75, 3.05) is 7.05 Å². The maximum absolute atomic E-state index is 4.64. The van der Waals surface area contributed by atoms with Crippen LogP contribution in [-0.4, -0.2) is 21.8 Å². The molecule has 3 rings (SSSR count). The molecule has 0 aliphatic heterocycles. The van der Waals surface area contributed by atoms with E-state index in [1.54, 1.807) is 0 Å². The Morgan fingerprint density at radius 3 is 3.00 bits per heavy atom. The minimum Gasteiger partial charge on any atom is -0.311 e. The number of hydrogen-bond donors (Lipinski definition) is 1. The van der Waals surface area contributed by atoms with Crippen molar-refractivity contribution in [2.24, 2.45) is 7.05 Å². The highest BCUT2D eigenvalue weighted by atomic mass is 15.3. The van der Waals surface area contributed by atoms with Gasteiger partial charge in [-0.05, 0) is 44.0 Å². The van der Waals surface area contributed by atoms with E-state index in [0.29, 0.717) is 5.92 Å². The Kier molecular flexibility index (Phi) is 3.34. The molecule has 1 aliphatic carbocycles. The van der Waals surface area contributed by atoms with Crippen molar-refractivity contribution in [3.05, 3.63) is 47.5 Å². The van der Waals surface area contributed by atoms with E-state index in [2.05, 4.69) is 27.5 Å². The van der Waals surface area contributed by atoms with Crippen LogP contribution in [0.1, 0.15) is 41.8 Å². The van der Waals surface area contributed by atoms with Crippen LogP contribution in [0.5, 0.6) is 0 Å². The van der Waals surface area contributed by atoms with Crippen molar-refractivity contribution in [1.82, 2.24) is 20.1 Å². The molecular formula is C15H20N4. The fraction of sp³-hybridized carbons (Fsp3) is 0.467. The molecule has 4 nitrogen and oxygen atoms in total. The Morgan fingerprint density at radius 1 is 1.37 bits per heavy atom. The summed E-state index contributed by atoms with van der Waals surface area (Å²) in [5, 5.41) is 7.75. The zero-order valence-electron chi connectivity index (χ0n) is 11.5. The lowest BCUT2D eigenvalue weighted by atomic mass is 9.81. The third kappa shape index (κ3) is 2.16. The molecule has 2 aromatic heterocycles. The highest BCUT2D eigenvalue weighted by Crippen LogP contribution is 2.38. The van der Waals surface area contributed by atoms with Gasteiger partial charge in [-0.2, -0.15) is 5.10 Å². The molecule has 1 N–H and O–H groups in total. The average Bonchev–Trinajstić information content (AvgIpc) is 2.86. The van der Waals surface area contributed by atoms with Crippen LogP contribution in [0.15, 0.2) is 30.6 Å². The van der Waals surface area contributed by atoms with Crippen LogP contribution in [0.3, 0.4) is 0 Å². The third-order valence-corrected chi connectivity index (χ3v) is 4.13. The molecule has 0 radical (unpaired) electrons. The SMILES string of the molecule is CNC(c1ccnn1C)C1CCCc2cccnc21. The summed E-state index contributed by atoms with van der Waals surface area (Å²) >= 11 is 0. The smallest absolute Gasteiger partial charge is 0.0574 e. The summed E-state index contributed by atoms with van der Waals surface area (Å²) in [6.07, 6.45) is 7.34. The highest BCUT2D eigenvalue weighted by Gasteiger charge is 2.30. The van der Waals surface area contributed by atoms with Gasteiger partial charge in [-0.25, -0.2) is 0 Å². The van der Waals surface area contributed by atoms with Crippen molar-refractivity contribution < 1.29 is 0 Å². The molecule has 19 heavy (non-hydrogen) atoms. The van der Waals surface area contributed by atoms with Crippen LogP contribution in [0.2, 0.25) is 0 Å². The van der Waals surface area contributed by atoms with Crippen LogP contribution >= 0.6 is 0 Å². The second-order valence-corrected chi connectivity index (χ2v) is 5.19. The summed E-state index contributed by atoms with van der Waals surface area (Å²) in [6, 6.07) is 6.63. The summed E-state index contributed by atoms with van der Waals surface area (Å²) < 4.78 is 1.96. The summed E-state index contributed by atoms with van der Waals surface area (Å²) in [7, 11) is 4.02. The van der Waals surface area contributed by atoms with Crippen LogP contribution < -0.4 is 5.32 Å². The first kappa shape index (κ1) is 12.4. The summed E-state index contributed by atoms with van der Waals surface area (Å²) in [5.41, 5.74) is 3.89. The lowest BCUT2D eigenvalue weighted by Gasteiger charge is -2.31. The number of fused-ring (bicyclic) bond motifs is 1. The number of hydrogen-bond acceptors (Lipinski definition) is 3. The van der Waals surface area contributed by atoms with E-state index in [1.165, 1.54) is 29.8 Å². The van der Waals surface area contributed by atoms with Crippen LogP contribution in [-0.2, 0) is 13.5 Å². The zero-order valence-corrected chi connectivity index (χ0v) is 11.5. The lowest BCUT2D eigenvalue weighted by molar-refractivity contribution is 0.397.